The van der Waals surface area contributed by atoms with E-state index in [-0.39, 0.29) is 11.0 Å². The highest BCUT2D eigenvalue weighted by atomic mass is 19.4. The van der Waals surface area contributed by atoms with E-state index in [0.29, 0.717) is 0 Å². The molecule has 0 spiro atoms. The summed E-state index contributed by atoms with van der Waals surface area (Å²) < 4.78 is 37.7. The summed E-state index contributed by atoms with van der Waals surface area (Å²) in [4.78, 5) is 17.5. The van der Waals surface area contributed by atoms with E-state index in [1.165, 1.54) is 24.3 Å². The van der Waals surface area contributed by atoms with Crippen LogP contribution in [0.25, 0.3) is 11.0 Å². The summed E-state index contributed by atoms with van der Waals surface area (Å²) in [5.41, 5.74) is -2.46. The average molecular weight is 242 g/mol. The normalized spacial score (nSPS) is 11.7. The quantitative estimate of drug-likeness (QED) is 0.833. The molecule has 0 saturated carbocycles. The third-order valence-corrected chi connectivity index (χ3v) is 2.04. The Kier molecular flexibility index (Phi) is 2.45. The van der Waals surface area contributed by atoms with Crippen LogP contribution in [0.15, 0.2) is 24.3 Å². The lowest BCUT2D eigenvalue weighted by atomic mass is 10.2. The minimum absolute atomic E-state index is 0.00447. The average Bonchev–Trinajstić information content (AvgIpc) is 2.26. The molecule has 0 unspecified atom stereocenters. The van der Waals surface area contributed by atoms with Gasteiger partial charge in [-0.1, -0.05) is 12.1 Å². The first-order valence-electron chi connectivity index (χ1n) is 4.47. The Balaban J connectivity index is 2.80. The van der Waals surface area contributed by atoms with E-state index >= 15 is 0 Å². The summed E-state index contributed by atoms with van der Waals surface area (Å²) in [7, 11) is 0. The van der Waals surface area contributed by atoms with Crippen LogP contribution in [0.1, 0.15) is 16.2 Å². The molecular weight excluding hydrogens is 237 g/mol. The van der Waals surface area contributed by atoms with Crippen molar-refractivity contribution in [2.45, 2.75) is 6.18 Å². The zero-order chi connectivity index (χ0) is 12.6. The van der Waals surface area contributed by atoms with Crippen molar-refractivity contribution in [3.63, 3.8) is 0 Å². The van der Waals surface area contributed by atoms with Crippen LogP contribution < -0.4 is 0 Å². The number of hydrogen-bond acceptors (Lipinski definition) is 3. The molecule has 0 fully saturated rings. The molecule has 0 radical (unpaired) electrons. The molecule has 4 nitrogen and oxygen atoms in total. The van der Waals surface area contributed by atoms with Gasteiger partial charge in [-0.2, -0.15) is 13.2 Å². The van der Waals surface area contributed by atoms with Gasteiger partial charge in [-0.25, -0.2) is 14.8 Å². The number of carbonyl (C=O) groups is 1. The van der Waals surface area contributed by atoms with Crippen LogP contribution in [0.3, 0.4) is 0 Å². The lowest BCUT2D eigenvalue weighted by Crippen LogP contribution is -2.17. The number of aromatic nitrogens is 2. The van der Waals surface area contributed by atoms with Gasteiger partial charge < -0.3 is 5.11 Å². The second-order valence-electron chi connectivity index (χ2n) is 3.21. The van der Waals surface area contributed by atoms with Gasteiger partial charge in [0.05, 0.1) is 11.0 Å². The van der Waals surface area contributed by atoms with Crippen LogP contribution in [-0.4, -0.2) is 21.0 Å². The third kappa shape index (κ3) is 2.03. The highest BCUT2D eigenvalue weighted by molar-refractivity contribution is 5.89. The fraction of sp³-hybridized carbons (Fsp3) is 0.100. The first-order chi connectivity index (χ1) is 7.89. The van der Waals surface area contributed by atoms with Gasteiger partial charge in [-0.05, 0) is 12.1 Å². The molecular formula is C10H5F3N2O2. The zero-order valence-corrected chi connectivity index (χ0v) is 8.19. The molecule has 1 aromatic heterocycles. The lowest BCUT2D eigenvalue weighted by molar-refractivity contribution is -0.141. The Morgan fingerprint density at radius 2 is 1.65 bits per heavy atom. The second-order valence-corrected chi connectivity index (χ2v) is 3.21. The van der Waals surface area contributed by atoms with E-state index in [0.717, 1.165) is 0 Å². The Morgan fingerprint density at radius 3 is 2.12 bits per heavy atom. The summed E-state index contributed by atoms with van der Waals surface area (Å²) in [5, 5.41) is 8.69. The van der Waals surface area contributed by atoms with Crippen molar-refractivity contribution in [3.8, 4) is 0 Å². The predicted octanol–water partition coefficient (Wildman–Crippen LogP) is 2.35. The topological polar surface area (TPSA) is 63.1 Å². The molecule has 0 aliphatic rings. The monoisotopic (exact) mass is 242 g/mol. The maximum absolute atomic E-state index is 12.6. The highest BCUT2D eigenvalue weighted by Gasteiger charge is 2.38. The number of alkyl halides is 3. The Bertz CT molecular complexity index is 596. The van der Waals surface area contributed by atoms with Crippen molar-refractivity contribution in [2.75, 3.05) is 0 Å². The fourth-order valence-corrected chi connectivity index (χ4v) is 1.35. The minimum atomic E-state index is -4.84. The number of halogens is 3. The lowest BCUT2D eigenvalue weighted by Gasteiger charge is -2.09. The van der Waals surface area contributed by atoms with Crippen molar-refractivity contribution in [1.29, 1.82) is 0 Å². The number of benzene rings is 1. The minimum Gasteiger partial charge on any atom is -0.476 e. The van der Waals surface area contributed by atoms with E-state index < -0.39 is 23.5 Å². The number of rotatable bonds is 1. The van der Waals surface area contributed by atoms with E-state index in [9.17, 15) is 18.0 Å². The molecule has 1 aromatic carbocycles. The molecule has 17 heavy (non-hydrogen) atoms. The van der Waals surface area contributed by atoms with Crippen LogP contribution in [0.4, 0.5) is 13.2 Å². The molecule has 0 aliphatic heterocycles. The summed E-state index contributed by atoms with van der Waals surface area (Å²) in [6.07, 6.45) is -4.84. The molecule has 2 aromatic rings. The van der Waals surface area contributed by atoms with Crippen LogP contribution in [0.5, 0.6) is 0 Å². The van der Waals surface area contributed by atoms with Crippen molar-refractivity contribution in [1.82, 2.24) is 9.97 Å². The van der Waals surface area contributed by atoms with E-state index in [4.69, 9.17) is 5.11 Å². The number of fused-ring (bicyclic) bond motifs is 1. The van der Waals surface area contributed by atoms with E-state index in [1.807, 2.05) is 0 Å². The molecule has 7 heteroatoms. The van der Waals surface area contributed by atoms with E-state index in [2.05, 4.69) is 9.97 Å². The molecule has 1 heterocycles. The number of hydrogen-bond donors (Lipinski definition) is 1. The van der Waals surface area contributed by atoms with Crippen molar-refractivity contribution in [3.05, 3.63) is 35.7 Å². The van der Waals surface area contributed by atoms with Gasteiger partial charge in [0.2, 0.25) is 0 Å². The van der Waals surface area contributed by atoms with Crippen LogP contribution in [0, 0.1) is 0 Å². The van der Waals surface area contributed by atoms with Crippen LogP contribution in [-0.2, 0) is 6.18 Å². The van der Waals surface area contributed by atoms with Crippen LogP contribution >= 0.6 is 0 Å². The standard InChI is InChI=1S/C10H5F3N2O2/c11-10(12,13)8-7(9(16)17)14-5-3-1-2-4-6(5)15-8/h1-4H,(H,16,17). The molecule has 0 atom stereocenters. The highest BCUT2D eigenvalue weighted by Crippen LogP contribution is 2.30. The Hall–Kier alpha value is -2.18. The number of nitrogens with zero attached hydrogens (tertiary/aromatic N) is 2. The summed E-state index contributed by atoms with van der Waals surface area (Å²) in [6.45, 7) is 0. The van der Waals surface area contributed by atoms with Gasteiger partial charge in [0.25, 0.3) is 0 Å². The Labute approximate surface area is 92.7 Å². The summed E-state index contributed by atoms with van der Waals surface area (Å²) in [5.74, 6) is -1.75. The third-order valence-electron chi connectivity index (χ3n) is 2.04. The van der Waals surface area contributed by atoms with Crippen molar-refractivity contribution >= 4 is 17.0 Å². The molecule has 0 bridgehead atoms. The van der Waals surface area contributed by atoms with Crippen molar-refractivity contribution in [2.24, 2.45) is 0 Å². The smallest absolute Gasteiger partial charge is 0.435 e. The van der Waals surface area contributed by atoms with Gasteiger partial charge in [0.15, 0.2) is 11.4 Å². The van der Waals surface area contributed by atoms with E-state index in [1.54, 1.807) is 0 Å². The summed E-state index contributed by atoms with van der Waals surface area (Å²) >= 11 is 0. The SMILES string of the molecule is O=C(O)c1nc2ccccc2nc1C(F)(F)F. The first-order valence-corrected chi connectivity index (χ1v) is 4.47. The predicted molar refractivity (Wildman–Crippen MR) is 51.5 cm³/mol. The largest absolute Gasteiger partial charge is 0.476 e. The molecule has 2 rings (SSSR count). The van der Waals surface area contributed by atoms with Crippen molar-refractivity contribution < 1.29 is 23.1 Å². The number of carboxylic acids is 1. The number of para-hydroxylation sites is 2. The molecule has 0 saturated heterocycles. The Morgan fingerprint density at radius 1 is 1.12 bits per heavy atom. The van der Waals surface area contributed by atoms with Gasteiger partial charge in [0, 0.05) is 0 Å². The summed E-state index contributed by atoms with van der Waals surface area (Å²) in [6, 6.07) is 5.77. The van der Waals surface area contributed by atoms with Crippen LogP contribution in [0.2, 0.25) is 0 Å². The number of aromatic carboxylic acids is 1. The second kappa shape index (κ2) is 3.69. The molecule has 1 N–H and O–H groups in total. The molecule has 0 aliphatic carbocycles. The maximum Gasteiger partial charge on any atom is 0.435 e. The maximum atomic E-state index is 12.6. The first kappa shape index (κ1) is 11.3. The molecule has 0 amide bonds. The van der Waals surface area contributed by atoms with Gasteiger partial charge >= 0.3 is 12.1 Å². The van der Waals surface area contributed by atoms with Gasteiger partial charge in [-0.3, -0.25) is 0 Å². The fourth-order valence-electron chi connectivity index (χ4n) is 1.35. The zero-order valence-electron chi connectivity index (χ0n) is 8.19. The van der Waals surface area contributed by atoms with Gasteiger partial charge in [0.1, 0.15) is 0 Å². The number of carboxylic acid groups (broad SMARTS) is 1. The molecule has 88 valence electrons. The van der Waals surface area contributed by atoms with Gasteiger partial charge in [-0.15, -0.1) is 0 Å².